The standard InChI is InChI=1S/C14H14N2O2/c15-14(16)12-3-1-2-4-13(12)18-9-10-5-7-11(17)8-6-10/h1-8,17H,9H2,(H3,15,16). The molecule has 0 heterocycles. The summed E-state index contributed by atoms with van der Waals surface area (Å²) in [5, 5.41) is 16.6. The number of phenolic OH excluding ortho intramolecular Hbond substituents is 1. The van der Waals surface area contributed by atoms with E-state index in [-0.39, 0.29) is 11.6 Å². The van der Waals surface area contributed by atoms with Crippen LogP contribution in [-0.4, -0.2) is 10.9 Å². The third-order valence-corrected chi connectivity index (χ3v) is 2.51. The Morgan fingerprint density at radius 1 is 1.11 bits per heavy atom. The van der Waals surface area contributed by atoms with Crippen molar-refractivity contribution in [3.8, 4) is 11.5 Å². The van der Waals surface area contributed by atoms with E-state index < -0.39 is 0 Å². The number of benzene rings is 2. The van der Waals surface area contributed by atoms with Gasteiger partial charge in [-0.25, -0.2) is 0 Å². The van der Waals surface area contributed by atoms with Crippen molar-refractivity contribution in [3.05, 3.63) is 59.7 Å². The monoisotopic (exact) mass is 242 g/mol. The molecule has 4 heteroatoms. The molecule has 2 aromatic rings. The molecule has 0 aliphatic rings. The molecule has 0 aliphatic carbocycles. The van der Waals surface area contributed by atoms with Crippen LogP contribution in [0.5, 0.6) is 11.5 Å². The zero-order valence-corrected chi connectivity index (χ0v) is 9.76. The minimum Gasteiger partial charge on any atom is -0.508 e. The molecule has 92 valence electrons. The molecule has 0 saturated carbocycles. The number of ether oxygens (including phenoxy) is 1. The van der Waals surface area contributed by atoms with Crippen molar-refractivity contribution >= 4 is 5.84 Å². The largest absolute Gasteiger partial charge is 0.508 e. The van der Waals surface area contributed by atoms with Gasteiger partial charge >= 0.3 is 0 Å². The molecule has 0 aliphatic heterocycles. The first-order valence-corrected chi connectivity index (χ1v) is 5.51. The summed E-state index contributed by atoms with van der Waals surface area (Å²) >= 11 is 0. The maximum absolute atomic E-state index is 9.17. The van der Waals surface area contributed by atoms with E-state index in [9.17, 15) is 5.11 Å². The average Bonchev–Trinajstić information content (AvgIpc) is 2.38. The highest BCUT2D eigenvalue weighted by molar-refractivity contribution is 5.97. The predicted octanol–water partition coefficient (Wildman–Crippen LogP) is 2.26. The van der Waals surface area contributed by atoms with Crippen LogP contribution in [0.4, 0.5) is 0 Å². The summed E-state index contributed by atoms with van der Waals surface area (Å²) in [4.78, 5) is 0. The van der Waals surface area contributed by atoms with Crippen molar-refractivity contribution in [1.82, 2.24) is 0 Å². The van der Waals surface area contributed by atoms with Gasteiger partial charge in [0.25, 0.3) is 0 Å². The molecule has 0 saturated heterocycles. The SMILES string of the molecule is N=C(N)c1ccccc1OCc1ccc(O)cc1. The van der Waals surface area contributed by atoms with E-state index >= 15 is 0 Å². The Balaban J connectivity index is 2.10. The van der Waals surface area contributed by atoms with Gasteiger partial charge in [-0.05, 0) is 29.8 Å². The maximum Gasteiger partial charge on any atom is 0.130 e. The van der Waals surface area contributed by atoms with Crippen molar-refractivity contribution in [2.24, 2.45) is 5.73 Å². The Kier molecular flexibility index (Phi) is 3.48. The number of hydrogen-bond acceptors (Lipinski definition) is 3. The molecule has 0 radical (unpaired) electrons. The van der Waals surface area contributed by atoms with Gasteiger partial charge in [0.2, 0.25) is 0 Å². The molecular formula is C14H14N2O2. The summed E-state index contributed by atoms with van der Waals surface area (Å²) in [6, 6.07) is 13.9. The third kappa shape index (κ3) is 2.79. The van der Waals surface area contributed by atoms with Crippen LogP contribution < -0.4 is 10.5 Å². The van der Waals surface area contributed by atoms with E-state index in [0.717, 1.165) is 5.56 Å². The molecule has 18 heavy (non-hydrogen) atoms. The molecule has 0 amide bonds. The second-order valence-corrected chi connectivity index (χ2v) is 3.86. The van der Waals surface area contributed by atoms with Gasteiger partial charge < -0.3 is 15.6 Å². The summed E-state index contributed by atoms with van der Waals surface area (Å²) in [5.74, 6) is 0.789. The first-order valence-electron chi connectivity index (χ1n) is 5.51. The maximum atomic E-state index is 9.17. The van der Waals surface area contributed by atoms with Crippen LogP contribution in [-0.2, 0) is 6.61 Å². The number of hydrogen-bond donors (Lipinski definition) is 3. The Bertz CT molecular complexity index is 550. The number of nitrogens with one attached hydrogen (secondary N) is 1. The van der Waals surface area contributed by atoms with E-state index in [1.165, 1.54) is 0 Å². The molecule has 0 atom stereocenters. The molecule has 0 fully saturated rings. The fourth-order valence-electron chi connectivity index (χ4n) is 1.57. The number of nitrogens with two attached hydrogens (primary N) is 1. The highest BCUT2D eigenvalue weighted by Crippen LogP contribution is 2.19. The van der Waals surface area contributed by atoms with Crippen molar-refractivity contribution in [2.75, 3.05) is 0 Å². The minimum absolute atomic E-state index is 0.0173. The van der Waals surface area contributed by atoms with Gasteiger partial charge in [0.15, 0.2) is 0 Å². The molecule has 0 bridgehead atoms. The van der Waals surface area contributed by atoms with Crippen LogP contribution in [0, 0.1) is 5.41 Å². The lowest BCUT2D eigenvalue weighted by Crippen LogP contribution is -2.12. The zero-order chi connectivity index (χ0) is 13.0. The van der Waals surface area contributed by atoms with Gasteiger partial charge in [-0.15, -0.1) is 0 Å². The molecular weight excluding hydrogens is 228 g/mol. The highest BCUT2D eigenvalue weighted by Gasteiger charge is 2.05. The average molecular weight is 242 g/mol. The molecule has 0 unspecified atom stereocenters. The number of aromatic hydroxyl groups is 1. The molecule has 0 spiro atoms. The number of nitrogen functional groups attached to an aromatic ring is 1. The Morgan fingerprint density at radius 3 is 2.44 bits per heavy atom. The van der Waals surface area contributed by atoms with E-state index in [0.29, 0.717) is 17.9 Å². The number of phenols is 1. The van der Waals surface area contributed by atoms with Crippen molar-refractivity contribution in [1.29, 1.82) is 5.41 Å². The van der Waals surface area contributed by atoms with Crippen LogP contribution in [0.15, 0.2) is 48.5 Å². The normalized spacial score (nSPS) is 10.0. The summed E-state index contributed by atoms with van der Waals surface area (Å²) in [6.45, 7) is 0.366. The Hall–Kier alpha value is -2.49. The highest BCUT2D eigenvalue weighted by atomic mass is 16.5. The van der Waals surface area contributed by atoms with Crippen LogP contribution in [0.25, 0.3) is 0 Å². The predicted molar refractivity (Wildman–Crippen MR) is 69.9 cm³/mol. The van der Waals surface area contributed by atoms with Crippen molar-refractivity contribution in [3.63, 3.8) is 0 Å². The van der Waals surface area contributed by atoms with E-state index in [2.05, 4.69) is 0 Å². The second-order valence-electron chi connectivity index (χ2n) is 3.86. The van der Waals surface area contributed by atoms with Gasteiger partial charge in [0.1, 0.15) is 23.9 Å². The van der Waals surface area contributed by atoms with Crippen LogP contribution in [0.1, 0.15) is 11.1 Å². The fraction of sp³-hybridized carbons (Fsp3) is 0.0714. The van der Waals surface area contributed by atoms with Crippen LogP contribution in [0.3, 0.4) is 0 Å². The quantitative estimate of drug-likeness (QED) is 0.568. The molecule has 0 aromatic heterocycles. The number of rotatable bonds is 4. The fourth-order valence-corrected chi connectivity index (χ4v) is 1.57. The first-order chi connectivity index (χ1) is 8.66. The third-order valence-electron chi connectivity index (χ3n) is 2.51. The lowest BCUT2D eigenvalue weighted by atomic mass is 10.2. The Morgan fingerprint density at radius 2 is 1.78 bits per heavy atom. The molecule has 2 rings (SSSR count). The van der Waals surface area contributed by atoms with E-state index in [4.69, 9.17) is 15.9 Å². The molecule has 4 N–H and O–H groups in total. The topological polar surface area (TPSA) is 79.3 Å². The second kappa shape index (κ2) is 5.23. The first kappa shape index (κ1) is 12.0. The summed E-state index contributed by atoms with van der Waals surface area (Å²) < 4.78 is 5.62. The molecule has 4 nitrogen and oxygen atoms in total. The van der Waals surface area contributed by atoms with Gasteiger partial charge in [-0.3, -0.25) is 5.41 Å². The minimum atomic E-state index is -0.0173. The van der Waals surface area contributed by atoms with Crippen LogP contribution in [0.2, 0.25) is 0 Å². The smallest absolute Gasteiger partial charge is 0.130 e. The van der Waals surface area contributed by atoms with Gasteiger partial charge in [0, 0.05) is 0 Å². The molecule has 2 aromatic carbocycles. The zero-order valence-electron chi connectivity index (χ0n) is 9.76. The Labute approximate surface area is 105 Å². The lowest BCUT2D eigenvalue weighted by molar-refractivity contribution is 0.305. The van der Waals surface area contributed by atoms with E-state index in [1.54, 1.807) is 36.4 Å². The van der Waals surface area contributed by atoms with Gasteiger partial charge in [-0.2, -0.15) is 0 Å². The van der Waals surface area contributed by atoms with Gasteiger partial charge in [0.05, 0.1) is 5.56 Å². The summed E-state index contributed by atoms with van der Waals surface area (Å²) in [6.07, 6.45) is 0. The summed E-state index contributed by atoms with van der Waals surface area (Å²) in [7, 11) is 0. The number of amidine groups is 1. The van der Waals surface area contributed by atoms with Crippen molar-refractivity contribution in [2.45, 2.75) is 6.61 Å². The lowest BCUT2D eigenvalue weighted by Gasteiger charge is -2.10. The van der Waals surface area contributed by atoms with Crippen molar-refractivity contribution < 1.29 is 9.84 Å². The number of para-hydroxylation sites is 1. The van der Waals surface area contributed by atoms with E-state index in [1.807, 2.05) is 12.1 Å². The van der Waals surface area contributed by atoms with Crippen LogP contribution >= 0.6 is 0 Å². The summed E-state index contributed by atoms with van der Waals surface area (Å²) in [5.41, 5.74) is 6.99. The van der Waals surface area contributed by atoms with Gasteiger partial charge in [-0.1, -0.05) is 24.3 Å².